The number of hydrogen-bond donors (Lipinski definition) is 0. The van der Waals surface area contributed by atoms with E-state index in [1.165, 1.54) is 4.88 Å². The van der Waals surface area contributed by atoms with Crippen LogP contribution in [0.5, 0.6) is 0 Å². The maximum atomic E-state index is 11.4. The lowest BCUT2D eigenvalue weighted by atomic mass is 10.3. The van der Waals surface area contributed by atoms with Crippen molar-refractivity contribution in [1.29, 1.82) is 0 Å². The van der Waals surface area contributed by atoms with Gasteiger partial charge in [-0.2, -0.15) is 0 Å². The van der Waals surface area contributed by atoms with E-state index in [9.17, 15) is 4.79 Å². The van der Waals surface area contributed by atoms with Crippen LogP contribution in [0.4, 0.5) is 0 Å². The van der Waals surface area contributed by atoms with Crippen LogP contribution in [0.1, 0.15) is 11.8 Å². The van der Waals surface area contributed by atoms with E-state index in [0.29, 0.717) is 6.54 Å². The summed E-state index contributed by atoms with van der Waals surface area (Å²) in [4.78, 5) is 14.2. The maximum Gasteiger partial charge on any atom is 0.240 e. The molecule has 1 atom stereocenters. The lowest BCUT2D eigenvalue weighted by Gasteiger charge is -2.17. The van der Waals surface area contributed by atoms with E-state index < -0.39 is 5.38 Å². The van der Waals surface area contributed by atoms with Gasteiger partial charge in [-0.1, -0.05) is 6.07 Å². The van der Waals surface area contributed by atoms with Gasteiger partial charge in [0.1, 0.15) is 5.38 Å². The molecule has 1 aromatic heterocycles. The van der Waals surface area contributed by atoms with Crippen LogP contribution in [0, 0.1) is 0 Å². The Labute approximate surface area is 87.1 Å². The normalized spacial score (nSPS) is 12.5. The summed E-state index contributed by atoms with van der Waals surface area (Å²) >= 11 is 7.32. The second-order valence-electron chi connectivity index (χ2n) is 2.89. The molecule has 1 aromatic rings. The summed E-state index contributed by atoms with van der Waals surface area (Å²) in [7, 11) is 1.76. The van der Waals surface area contributed by atoms with Gasteiger partial charge in [-0.25, -0.2) is 0 Å². The number of hydrogen-bond acceptors (Lipinski definition) is 2. The molecular formula is C9H12ClNOS. The summed E-state index contributed by atoms with van der Waals surface area (Å²) in [6.45, 7) is 2.34. The van der Waals surface area contributed by atoms with Crippen LogP contribution in [0.15, 0.2) is 17.5 Å². The topological polar surface area (TPSA) is 20.3 Å². The van der Waals surface area contributed by atoms with Crippen molar-refractivity contribution in [3.8, 4) is 0 Å². The van der Waals surface area contributed by atoms with Crippen molar-refractivity contribution < 1.29 is 4.79 Å². The van der Waals surface area contributed by atoms with Gasteiger partial charge in [0.25, 0.3) is 0 Å². The molecule has 1 rings (SSSR count). The third kappa shape index (κ3) is 3.01. The van der Waals surface area contributed by atoms with Crippen molar-refractivity contribution >= 4 is 28.8 Å². The van der Waals surface area contributed by atoms with Crippen LogP contribution in [0.3, 0.4) is 0 Å². The molecule has 0 radical (unpaired) electrons. The molecular weight excluding hydrogens is 206 g/mol. The highest BCUT2D eigenvalue weighted by Crippen LogP contribution is 2.12. The van der Waals surface area contributed by atoms with Gasteiger partial charge in [0.2, 0.25) is 5.91 Å². The average Bonchev–Trinajstić information content (AvgIpc) is 2.55. The number of halogens is 1. The number of carbonyl (C=O) groups is 1. The van der Waals surface area contributed by atoms with Gasteiger partial charge in [0, 0.05) is 11.9 Å². The fourth-order valence-corrected chi connectivity index (χ4v) is 1.94. The Hall–Kier alpha value is -0.540. The second-order valence-corrected chi connectivity index (χ2v) is 4.58. The predicted molar refractivity (Wildman–Crippen MR) is 56.1 cm³/mol. The third-order valence-corrected chi connectivity index (χ3v) is 2.74. The van der Waals surface area contributed by atoms with E-state index in [-0.39, 0.29) is 5.91 Å². The van der Waals surface area contributed by atoms with E-state index in [0.717, 1.165) is 0 Å². The summed E-state index contributed by atoms with van der Waals surface area (Å²) in [6.07, 6.45) is 0. The van der Waals surface area contributed by atoms with Gasteiger partial charge < -0.3 is 4.90 Å². The SMILES string of the molecule is CC(Cl)C(=O)N(C)Cc1cccs1. The Morgan fingerprint density at radius 1 is 1.77 bits per heavy atom. The minimum absolute atomic E-state index is 0.0323. The van der Waals surface area contributed by atoms with E-state index >= 15 is 0 Å². The molecule has 2 nitrogen and oxygen atoms in total. The molecule has 0 fully saturated rings. The summed E-state index contributed by atoms with van der Waals surface area (Å²) in [5.41, 5.74) is 0. The van der Waals surface area contributed by atoms with Crippen LogP contribution in [0.2, 0.25) is 0 Å². The molecule has 4 heteroatoms. The Balaban J connectivity index is 2.51. The number of thiophene rings is 1. The summed E-state index contributed by atoms with van der Waals surface area (Å²) in [5, 5.41) is 1.56. The molecule has 0 aromatic carbocycles. The standard InChI is InChI=1S/C9H12ClNOS/c1-7(10)9(12)11(2)6-8-4-3-5-13-8/h3-5,7H,6H2,1-2H3. The quantitative estimate of drug-likeness (QED) is 0.712. The molecule has 1 amide bonds. The van der Waals surface area contributed by atoms with Crippen LogP contribution in [-0.4, -0.2) is 23.2 Å². The molecule has 13 heavy (non-hydrogen) atoms. The fourth-order valence-electron chi connectivity index (χ4n) is 1.02. The van der Waals surface area contributed by atoms with E-state index in [2.05, 4.69) is 0 Å². The second kappa shape index (κ2) is 4.63. The zero-order valence-corrected chi connectivity index (χ0v) is 9.23. The molecule has 72 valence electrons. The summed E-state index contributed by atoms with van der Waals surface area (Å²) in [6, 6.07) is 3.98. The minimum Gasteiger partial charge on any atom is -0.339 e. The van der Waals surface area contributed by atoms with E-state index in [1.807, 2.05) is 17.5 Å². The molecule has 0 aliphatic carbocycles. The number of amides is 1. The Morgan fingerprint density at radius 3 is 2.92 bits per heavy atom. The third-order valence-electron chi connectivity index (χ3n) is 1.69. The molecule has 1 heterocycles. The molecule has 0 bridgehead atoms. The minimum atomic E-state index is -0.440. The van der Waals surface area contributed by atoms with Crippen molar-refractivity contribution in [2.24, 2.45) is 0 Å². The van der Waals surface area contributed by atoms with Crippen LogP contribution >= 0.6 is 22.9 Å². The van der Waals surface area contributed by atoms with Gasteiger partial charge in [-0.3, -0.25) is 4.79 Å². The zero-order valence-electron chi connectivity index (χ0n) is 7.66. The Bertz CT molecular complexity index is 271. The van der Waals surface area contributed by atoms with Crippen molar-refractivity contribution in [2.75, 3.05) is 7.05 Å². The number of alkyl halides is 1. The monoisotopic (exact) mass is 217 g/mol. The van der Waals surface area contributed by atoms with Gasteiger partial charge in [-0.05, 0) is 18.4 Å². The molecule has 0 saturated carbocycles. The van der Waals surface area contributed by atoms with Gasteiger partial charge in [0.15, 0.2) is 0 Å². The Morgan fingerprint density at radius 2 is 2.46 bits per heavy atom. The highest BCUT2D eigenvalue weighted by molar-refractivity contribution is 7.09. The van der Waals surface area contributed by atoms with Crippen LogP contribution in [0.25, 0.3) is 0 Å². The number of carbonyl (C=O) groups excluding carboxylic acids is 1. The highest BCUT2D eigenvalue weighted by Gasteiger charge is 2.14. The van der Waals surface area contributed by atoms with Gasteiger partial charge in [0.05, 0.1) is 6.54 Å². The maximum absolute atomic E-state index is 11.4. The molecule has 0 saturated heterocycles. The molecule has 0 spiro atoms. The fraction of sp³-hybridized carbons (Fsp3) is 0.444. The number of nitrogens with zero attached hydrogens (tertiary/aromatic N) is 1. The summed E-state index contributed by atoms with van der Waals surface area (Å²) in [5.74, 6) is -0.0323. The first-order valence-corrected chi connectivity index (χ1v) is 5.34. The van der Waals surface area contributed by atoms with E-state index in [4.69, 9.17) is 11.6 Å². The van der Waals surface area contributed by atoms with Gasteiger partial charge >= 0.3 is 0 Å². The Kier molecular flexibility index (Phi) is 3.75. The average molecular weight is 218 g/mol. The molecule has 0 aliphatic rings. The molecule has 0 N–H and O–H groups in total. The zero-order chi connectivity index (χ0) is 9.84. The van der Waals surface area contributed by atoms with E-state index in [1.54, 1.807) is 30.2 Å². The molecule has 1 unspecified atom stereocenters. The van der Waals surface area contributed by atoms with Crippen LogP contribution < -0.4 is 0 Å². The van der Waals surface area contributed by atoms with Gasteiger partial charge in [-0.15, -0.1) is 22.9 Å². The lowest BCUT2D eigenvalue weighted by molar-refractivity contribution is -0.129. The van der Waals surface area contributed by atoms with Crippen molar-refractivity contribution in [3.63, 3.8) is 0 Å². The highest BCUT2D eigenvalue weighted by atomic mass is 35.5. The smallest absolute Gasteiger partial charge is 0.240 e. The predicted octanol–water partition coefficient (Wildman–Crippen LogP) is 2.33. The van der Waals surface area contributed by atoms with Crippen molar-refractivity contribution in [1.82, 2.24) is 4.90 Å². The summed E-state index contributed by atoms with van der Waals surface area (Å²) < 4.78 is 0. The van der Waals surface area contributed by atoms with Crippen molar-refractivity contribution in [3.05, 3.63) is 22.4 Å². The lowest BCUT2D eigenvalue weighted by Crippen LogP contribution is -2.31. The largest absolute Gasteiger partial charge is 0.339 e. The first-order chi connectivity index (χ1) is 6.11. The van der Waals surface area contributed by atoms with Crippen LogP contribution in [-0.2, 0) is 11.3 Å². The first kappa shape index (κ1) is 10.5. The number of rotatable bonds is 3. The first-order valence-electron chi connectivity index (χ1n) is 4.02. The molecule has 0 aliphatic heterocycles. The van der Waals surface area contributed by atoms with Crippen molar-refractivity contribution in [2.45, 2.75) is 18.8 Å².